The van der Waals surface area contributed by atoms with Crippen LogP contribution in [0, 0.1) is 55.4 Å². The van der Waals surface area contributed by atoms with Crippen molar-refractivity contribution in [1.82, 2.24) is 0 Å². The lowest BCUT2D eigenvalue weighted by molar-refractivity contribution is -0.139. The highest BCUT2D eigenvalue weighted by atomic mass is 16.4. The number of hydrogen-bond acceptors (Lipinski definition) is 2. The number of hydrogen-bond donors (Lipinski definition) is 2. The zero-order chi connectivity index (χ0) is 50.4. The second kappa shape index (κ2) is 36.9. The zero-order valence-corrected chi connectivity index (χ0v) is 42.2. The predicted molar refractivity (Wildman–Crippen MR) is 291 cm³/mol. The first-order valence-electron chi connectivity index (χ1n) is 23.4. The van der Waals surface area contributed by atoms with E-state index in [1.165, 1.54) is 38.9 Å². The maximum Gasteiger partial charge on any atom is 0.310 e. The number of carboxylic acids is 2. The molecule has 0 heterocycles. The highest BCUT2D eigenvalue weighted by molar-refractivity contribution is 5.78. The third kappa shape index (κ3) is 29.3. The first kappa shape index (κ1) is 58.7. The standard InChI is InChI=1S/C15H20O4.7C7H8/c1-4-11(14(16)17)10-7-6-9(3)13(8-10)12(5-2)15(18)19;7*1-7-5-3-2-4-6-7/h6-8,11-12H,4-5H2,1-3H3,(H,16,17)(H,18,19);7*2-6H,1H3. The van der Waals surface area contributed by atoms with E-state index in [0.717, 1.165) is 5.56 Å². The summed E-state index contributed by atoms with van der Waals surface area (Å²) < 4.78 is 0. The maximum absolute atomic E-state index is 11.3. The van der Waals surface area contributed by atoms with Crippen LogP contribution in [0.1, 0.15) is 94.2 Å². The van der Waals surface area contributed by atoms with Crippen LogP contribution in [0.2, 0.25) is 0 Å². The molecule has 8 rings (SSSR count). The summed E-state index contributed by atoms with van der Waals surface area (Å²) in [5.74, 6) is -2.90. The Balaban J connectivity index is 0.000000405. The van der Waals surface area contributed by atoms with E-state index >= 15 is 0 Å². The summed E-state index contributed by atoms with van der Waals surface area (Å²) in [6.45, 7) is 20.1. The Morgan fingerprint density at radius 1 is 0.324 bits per heavy atom. The molecular weight excluding hydrogens is 833 g/mol. The molecule has 356 valence electrons. The van der Waals surface area contributed by atoms with Gasteiger partial charge in [-0.05, 0) is 84.9 Å². The predicted octanol–water partition coefficient (Wildman–Crippen LogP) is 17.1. The minimum atomic E-state index is -0.874. The lowest BCUT2D eigenvalue weighted by atomic mass is 9.87. The molecule has 0 radical (unpaired) electrons. The monoisotopic (exact) mass is 909 g/mol. The fraction of sp³-hybridized carbons (Fsp3) is 0.219. The summed E-state index contributed by atoms with van der Waals surface area (Å²) in [5, 5.41) is 18.4. The van der Waals surface area contributed by atoms with Gasteiger partial charge in [-0.3, -0.25) is 9.59 Å². The third-order valence-corrected chi connectivity index (χ3v) is 10.1. The van der Waals surface area contributed by atoms with Crippen LogP contribution >= 0.6 is 0 Å². The Labute approximate surface area is 410 Å². The van der Waals surface area contributed by atoms with E-state index in [9.17, 15) is 19.8 Å². The first-order valence-corrected chi connectivity index (χ1v) is 23.4. The lowest BCUT2D eigenvalue weighted by Gasteiger charge is -2.17. The van der Waals surface area contributed by atoms with Crippen molar-refractivity contribution in [2.24, 2.45) is 0 Å². The van der Waals surface area contributed by atoms with Crippen molar-refractivity contribution in [1.29, 1.82) is 0 Å². The van der Waals surface area contributed by atoms with Crippen LogP contribution in [0.15, 0.2) is 231 Å². The Bertz CT molecular complexity index is 2050. The van der Waals surface area contributed by atoms with E-state index < -0.39 is 23.8 Å². The molecule has 0 aromatic heterocycles. The van der Waals surface area contributed by atoms with Gasteiger partial charge in [-0.1, -0.05) is 283 Å². The lowest BCUT2D eigenvalue weighted by Crippen LogP contribution is -2.15. The van der Waals surface area contributed by atoms with Crippen molar-refractivity contribution in [2.45, 2.75) is 93.9 Å². The van der Waals surface area contributed by atoms with Crippen LogP contribution in [0.25, 0.3) is 0 Å². The molecule has 0 aliphatic carbocycles. The smallest absolute Gasteiger partial charge is 0.310 e. The van der Waals surface area contributed by atoms with Crippen LogP contribution in [-0.2, 0) is 9.59 Å². The van der Waals surface area contributed by atoms with Crippen LogP contribution in [0.5, 0.6) is 0 Å². The molecular formula is C64H76O4. The van der Waals surface area contributed by atoms with Crippen molar-refractivity contribution in [2.75, 3.05) is 0 Å². The van der Waals surface area contributed by atoms with Crippen LogP contribution in [0.3, 0.4) is 0 Å². The summed E-state index contributed by atoms with van der Waals surface area (Å²) >= 11 is 0. The van der Waals surface area contributed by atoms with Crippen molar-refractivity contribution in [3.05, 3.63) is 286 Å². The van der Waals surface area contributed by atoms with Gasteiger partial charge in [0.15, 0.2) is 0 Å². The normalized spacial score (nSPS) is 10.1. The molecule has 0 saturated heterocycles. The number of benzene rings is 8. The molecule has 2 N–H and O–H groups in total. The van der Waals surface area contributed by atoms with Crippen molar-refractivity contribution in [3.63, 3.8) is 0 Å². The molecule has 0 fully saturated rings. The van der Waals surface area contributed by atoms with E-state index in [1.807, 2.05) is 154 Å². The Morgan fingerprint density at radius 3 is 0.676 bits per heavy atom. The average molecular weight is 909 g/mol. The maximum atomic E-state index is 11.3. The molecule has 4 heteroatoms. The van der Waals surface area contributed by atoms with Crippen molar-refractivity contribution >= 4 is 11.9 Å². The molecule has 68 heavy (non-hydrogen) atoms. The molecule has 0 bridgehead atoms. The van der Waals surface area contributed by atoms with Gasteiger partial charge in [0, 0.05) is 0 Å². The van der Waals surface area contributed by atoms with Crippen LogP contribution < -0.4 is 0 Å². The number of carbonyl (C=O) groups is 2. The highest BCUT2D eigenvalue weighted by Crippen LogP contribution is 2.29. The second-order valence-corrected chi connectivity index (χ2v) is 16.3. The summed E-state index contributed by atoms with van der Waals surface area (Å²) in [5.41, 5.74) is 11.5. The molecule has 2 atom stereocenters. The van der Waals surface area contributed by atoms with Gasteiger partial charge in [0.2, 0.25) is 0 Å². The molecule has 2 unspecified atom stereocenters. The summed E-state index contributed by atoms with van der Waals surface area (Å²) in [6, 6.07) is 77.1. The SMILES string of the molecule is CCC(C(=O)O)c1ccc(C)c(C(CC)C(=O)O)c1.Cc1ccccc1.Cc1ccccc1.Cc1ccccc1.Cc1ccccc1.Cc1ccccc1.Cc1ccccc1.Cc1ccccc1. The molecule has 0 amide bonds. The van der Waals surface area contributed by atoms with Crippen LogP contribution in [-0.4, -0.2) is 22.2 Å². The zero-order valence-electron chi connectivity index (χ0n) is 42.2. The Hall–Kier alpha value is -7.30. The minimum absolute atomic E-state index is 0.488. The van der Waals surface area contributed by atoms with E-state index in [0.29, 0.717) is 24.0 Å². The third-order valence-electron chi connectivity index (χ3n) is 10.1. The fourth-order valence-electron chi connectivity index (χ4n) is 6.07. The minimum Gasteiger partial charge on any atom is -0.481 e. The van der Waals surface area contributed by atoms with E-state index in [-0.39, 0.29) is 0 Å². The Kier molecular flexibility index (Phi) is 31.8. The van der Waals surface area contributed by atoms with Gasteiger partial charge in [-0.2, -0.15) is 0 Å². The van der Waals surface area contributed by atoms with Crippen molar-refractivity contribution in [3.8, 4) is 0 Å². The summed E-state index contributed by atoms with van der Waals surface area (Å²) in [4.78, 5) is 22.4. The van der Waals surface area contributed by atoms with Gasteiger partial charge in [0.1, 0.15) is 0 Å². The summed E-state index contributed by atoms with van der Waals surface area (Å²) in [7, 11) is 0. The second-order valence-electron chi connectivity index (χ2n) is 16.3. The molecule has 0 saturated carbocycles. The van der Waals surface area contributed by atoms with E-state index in [2.05, 4.69) is 133 Å². The van der Waals surface area contributed by atoms with Gasteiger partial charge in [0.05, 0.1) is 11.8 Å². The fourth-order valence-corrected chi connectivity index (χ4v) is 6.07. The molecule has 8 aromatic rings. The highest BCUT2D eigenvalue weighted by Gasteiger charge is 2.23. The van der Waals surface area contributed by atoms with Gasteiger partial charge >= 0.3 is 11.9 Å². The largest absolute Gasteiger partial charge is 0.481 e. The number of rotatable bonds is 6. The molecule has 0 spiro atoms. The number of aliphatic carboxylic acids is 2. The van der Waals surface area contributed by atoms with Crippen molar-refractivity contribution < 1.29 is 19.8 Å². The molecule has 0 aliphatic rings. The topological polar surface area (TPSA) is 74.6 Å². The van der Waals surface area contributed by atoms with Gasteiger partial charge in [-0.15, -0.1) is 0 Å². The molecule has 8 aromatic carbocycles. The average Bonchev–Trinajstić information content (AvgIpc) is 3.33. The molecule has 4 nitrogen and oxygen atoms in total. The van der Waals surface area contributed by atoms with Gasteiger partial charge in [-0.25, -0.2) is 0 Å². The number of aryl methyl sites for hydroxylation is 8. The van der Waals surface area contributed by atoms with Gasteiger partial charge < -0.3 is 10.2 Å². The number of carboxylic acid groups (broad SMARTS) is 2. The first-order chi connectivity index (χ1) is 32.7. The van der Waals surface area contributed by atoms with Gasteiger partial charge in [0.25, 0.3) is 0 Å². The summed E-state index contributed by atoms with van der Waals surface area (Å²) in [6.07, 6.45) is 0.977. The van der Waals surface area contributed by atoms with Crippen LogP contribution in [0.4, 0.5) is 0 Å². The van der Waals surface area contributed by atoms with E-state index in [4.69, 9.17) is 0 Å². The molecule has 0 aliphatic heterocycles. The quantitative estimate of drug-likeness (QED) is 0.174. The Morgan fingerprint density at radius 2 is 0.529 bits per heavy atom. The van der Waals surface area contributed by atoms with E-state index in [1.54, 1.807) is 12.1 Å².